The number of carbonyl (C=O) groups is 1. The Balaban J connectivity index is 1.66. The van der Waals surface area contributed by atoms with E-state index in [-0.39, 0.29) is 6.10 Å². The van der Waals surface area contributed by atoms with Crippen LogP contribution in [0.2, 0.25) is 0 Å². The van der Waals surface area contributed by atoms with Gasteiger partial charge in [0, 0.05) is 12.8 Å². The van der Waals surface area contributed by atoms with Gasteiger partial charge in [0.2, 0.25) is 0 Å². The van der Waals surface area contributed by atoms with E-state index in [2.05, 4.69) is 24.3 Å². The van der Waals surface area contributed by atoms with Gasteiger partial charge in [0.1, 0.15) is 11.5 Å². The van der Waals surface area contributed by atoms with E-state index in [0.29, 0.717) is 18.6 Å². The van der Waals surface area contributed by atoms with E-state index in [1.54, 1.807) is 0 Å². The highest BCUT2D eigenvalue weighted by atomic mass is 16.5. The summed E-state index contributed by atoms with van der Waals surface area (Å²) in [5.41, 5.74) is 2.40. The van der Waals surface area contributed by atoms with E-state index in [0.717, 1.165) is 18.6 Å². The Kier molecular flexibility index (Phi) is 3.82. The predicted octanol–water partition coefficient (Wildman–Crippen LogP) is 4.24. The summed E-state index contributed by atoms with van der Waals surface area (Å²) in [6.07, 6.45) is 3.20. The smallest absolute Gasteiger partial charge is 0.133 e. The summed E-state index contributed by atoms with van der Waals surface area (Å²) >= 11 is 0. The van der Waals surface area contributed by atoms with Gasteiger partial charge in [0.15, 0.2) is 0 Å². The van der Waals surface area contributed by atoms with Crippen molar-refractivity contribution in [2.75, 3.05) is 0 Å². The topological polar surface area (TPSA) is 26.3 Å². The fourth-order valence-electron chi connectivity index (χ4n) is 2.58. The summed E-state index contributed by atoms with van der Waals surface area (Å²) in [5.74, 6) is 1.26. The first kappa shape index (κ1) is 12.9. The highest BCUT2D eigenvalue weighted by Gasteiger charge is 2.19. The third-order valence-corrected chi connectivity index (χ3v) is 3.75. The normalized spacial score (nSPS) is 16.1. The maximum atomic E-state index is 11.2. The van der Waals surface area contributed by atoms with Crippen LogP contribution in [0.5, 0.6) is 5.75 Å². The Hall–Kier alpha value is -2.09. The Morgan fingerprint density at radius 2 is 1.40 bits per heavy atom. The van der Waals surface area contributed by atoms with Gasteiger partial charge in [-0.05, 0) is 36.1 Å². The van der Waals surface area contributed by atoms with Gasteiger partial charge in [0.05, 0.1) is 6.10 Å². The number of hydrogen-bond donors (Lipinski definition) is 0. The lowest BCUT2D eigenvalue weighted by Crippen LogP contribution is -2.23. The van der Waals surface area contributed by atoms with E-state index in [1.165, 1.54) is 11.1 Å². The molecule has 0 aliphatic heterocycles. The third-order valence-electron chi connectivity index (χ3n) is 3.75. The molecule has 2 aromatic carbocycles. The lowest BCUT2D eigenvalue weighted by atomic mass is 9.96. The standard InChI is InChI=1S/C18H18O2/c19-16-8-12-18(13-9-16)20-17-10-6-15(7-11-17)14-4-2-1-3-5-14/h1-7,10-11,18H,8-9,12-13H2. The minimum absolute atomic E-state index is 0.190. The van der Waals surface area contributed by atoms with Gasteiger partial charge in [-0.2, -0.15) is 0 Å². The number of hydrogen-bond acceptors (Lipinski definition) is 2. The zero-order valence-corrected chi connectivity index (χ0v) is 11.4. The van der Waals surface area contributed by atoms with E-state index >= 15 is 0 Å². The van der Waals surface area contributed by atoms with Gasteiger partial charge in [-0.15, -0.1) is 0 Å². The largest absolute Gasteiger partial charge is 0.490 e. The summed E-state index contributed by atoms with van der Waals surface area (Å²) in [7, 11) is 0. The third kappa shape index (κ3) is 3.08. The molecule has 0 atom stereocenters. The summed E-state index contributed by atoms with van der Waals surface area (Å²) < 4.78 is 5.94. The fraction of sp³-hybridized carbons (Fsp3) is 0.278. The van der Waals surface area contributed by atoms with Crippen molar-refractivity contribution in [2.24, 2.45) is 0 Å². The molecule has 2 aromatic rings. The number of ether oxygens (including phenoxy) is 1. The molecule has 0 N–H and O–H groups in total. The Labute approximate surface area is 119 Å². The van der Waals surface area contributed by atoms with Crippen LogP contribution in [0.25, 0.3) is 11.1 Å². The summed E-state index contributed by atoms with van der Waals surface area (Å²) in [6.45, 7) is 0. The summed E-state index contributed by atoms with van der Waals surface area (Å²) in [4.78, 5) is 11.2. The van der Waals surface area contributed by atoms with Crippen LogP contribution in [0.1, 0.15) is 25.7 Å². The van der Waals surface area contributed by atoms with E-state index in [9.17, 15) is 4.79 Å². The highest BCUT2D eigenvalue weighted by Crippen LogP contribution is 2.25. The molecule has 0 unspecified atom stereocenters. The van der Waals surface area contributed by atoms with Crippen molar-refractivity contribution in [1.82, 2.24) is 0 Å². The molecule has 0 aromatic heterocycles. The quantitative estimate of drug-likeness (QED) is 0.830. The molecule has 1 fully saturated rings. The molecule has 2 heteroatoms. The molecule has 0 saturated heterocycles. The highest BCUT2D eigenvalue weighted by molar-refractivity contribution is 5.79. The average Bonchev–Trinajstić information content (AvgIpc) is 2.51. The zero-order valence-electron chi connectivity index (χ0n) is 11.4. The molecule has 1 aliphatic carbocycles. The number of carbonyl (C=O) groups excluding carboxylic acids is 1. The van der Waals surface area contributed by atoms with Crippen LogP contribution in [0.3, 0.4) is 0 Å². The molecule has 102 valence electrons. The van der Waals surface area contributed by atoms with Gasteiger partial charge < -0.3 is 4.74 Å². The van der Waals surface area contributed by atoms with E-state index in [1.807, 2.05) is 30.3 Å². The molecule has 0 spiro atoms. The average molecular weight is 266 g/mol. The van der Waals surface area contributed by atoms with Gasteiger partial charge in [0.25, 0.3) is 0 Å². The van der Waals surface area contributed by atoms with Crippen LogP contribution in [0, 0.1) is 0 Å². The molecule has 0 bridgehead atoms. The molecular formula is C18H18O2. The van der Waals surface area contributed by atoms with Crippen molar-refractivity contribution >= 4 is 5.78 Å². The molecule has 3 rings (SSSR count). The summed E-state index contributed by atoms with van der Waals surface area (Å²) in [6, 6.07) is 18.5. The Morgan fingerprint density at radius 3 is 2.05 bits per heavy atom. The van der Waals surface area contributed by atoms with Crippen molar-refractivity contribution in [2.45, 2.75) is 31.8 Å². The van der Waals surface area contributed by atoms with Crippen LogP contribution in [-0.4, -0.2) is 11.9 Å². The summed E-state index contributed by atoms with van der Waals surface area (Å²) in [5, 5.41) is 0. The van der Waals surface area contributed by atoms with Crippen molar-refractivity contribution in [3.05, 3.63) is 54.6 Å². The fourth-order valence-corrected chi connectivity index (χ4v) is 2.58. The molecule has 2 nitrogen and oxygen atoms in total. The first-order valence-electron chi connectivity index (χ1n) is 7.15. The van der Waals surface area contributed by atoms with Crippen LogP contribution in [0.15, 0.2) is 54.6 Å². The lowest BCUT2D eigenvalue weighted by Gasteiger charge is -2.22. The minimum Gasteiger partial charge on any atom is -0.490 e. The van der Waals surface area contributed by atoms with Crippen LogP contribution in [0.4, 0.5) is 0 Å². The first-order chi connectivity index (χ1) is 9.81. The Bertz CT molecular complexity index is 562. The molecule has 1 saturated carbocycles. The van der Waals surface area contributed by atoms with Gasteiger partial charge in [-0.25, -0.2) is 0 Å². The zero-order chi connectivity index (χ0) is 13.8. The van der Waals surface area contributed by atoms with Crippen LogP contribution < -0.4 is 4.74 Å². The van der Waals surface area contributed by atoms with E-state index in [4.69, 9.17) is 4.74 Å². The second-order valence-electron chi connectivity index (χ2n) is 5.25. The number of rotatable bonds is 3. The SMILES string of the molecule is O=C1CCC(Oc2ccc(-c3ccccc3)cc2)CC1. The molecule has 1 aliphatic rings. The van der Waals surface area contributed by atoms with Crippen LogP contribution in [-0.2, 0) is 4.79 Å². The maximum Gasteiger partial charge on any atom is 0.133 e. The Morgan fingerprint density at radius 1 is 0.800 bits per heavy atom. The molecule has 20 heavy (non-hydrogen) atoms. The minimum atomic E-state index is 0.190. The van der Waals surface area contributed by atoms with Crippen molar-refractivity contribution in [1.29, 1.82) is 0 Å². The number of ketones is 1. The number of Topliss-reactive ketones (excluding diaryl/α,β-unsaturated/α-hetero) is 1. The monoisotopic (exact) mass is 266 g/mol. The van der Waals surface area contributed by atoms with Gasteiger partial charge >= 0.3 is 0 Å². The van der Waals surface area contributed by atoms with Gasteiger partial charge in [-0.1, -0.05) is 42.5 Å². The van der Waals surface area contributed by atoms with E-state index < -0.39 is 0 Å². The second kappa shape index (κ2) is 5.91. The predicted molar refractivity (Wildman–Crippen MR) is 79.8 cm³/mol. The van der Waals surface area contributed by atoms with Crippen molar-refractivity contribution < 1.29 is 9.53 Å². The second-order valence-corrected chi connectivity index (χ2v) is 5.25. The molecular weight excluding hydrogens is 248 g/mol. The van der Waals surface area contributed by atoms with Crippen molar-refractivity contribution in [3.8, 4) is 16.9 Å². The molecule has 0 amide bonds. The molecule has 0 radical (unpaired) electrons. The number of benzene rings is 2. The van der Waals surface area contributed by atoms with Crippen LogP contribution >= 0.6 is 0 Å². The van der Waals surface area contributed by atoms with Gasteiger partial charge in [-0.3, -0.25) is 4.79 Å². The van der Waals surface area contributed by atoms with Crippen molar-refractivity contribution in [3.63, 3.8) is 0 Å². The first-order valence-corrected chi connectivity index (χ1v) is 7.15. The molecule has 0 heterocycles. The lowest BCUT2D eigenvalue weighted by molar-refractivity contribution is -0.121. The maximum absolute atomic E-state index is 11.2.